The van der Waals surface area contributed by atoms with Gasteiger partial charge in [0.1, 0.15) is 0 Å². The SMILES string of the molecule is C[C@@H](N)[C@H](O)CCCCCCCO. The Morgan fingerprint density at radius 3 is 2.15 bits per heavy atom. The number of hydrogen-bond donors (Lipinski definition) is 3. The summed E-state index contributed by atoms with van der Waals surface area (Å²) in [6, 6.07) is -0.113. The second kappa shape index (κ2) is 8.48. The Balaban J connectivity index is 3.07. The lowest BCUT2D eigenvalue weighted by molar-refractivity contribution is 0.137. The van der Waals surface area contributed by atoms with E-state index in [1.54, 1.807) is 0 Å². The van der Waals surface area contributed by atoms with Crippen molar-refractivity contribution in [2.75, 3.05) is 6.61 Å². The largest absolute Gasteiger partial charge is 0.396 e. The third-order valence-corrected chi connectivity index (χ3v) is 2.26. The lowest BCUT2D eigenvalue weighted by atomic mass is 10.0. The maximum Gasteiger partial charge on any atom is 0.0688 e. The molecule has 13 heavy (non-hydrogen) atoms. The van der Waals surface area contributed by atoms with Gasteiger partial charge in [0.25, 0.3) is 0 Å². The fraction of sp³-hybridized carbons (Fsp3) is 1.00. The molecular formula is C10H23NO2. The quantitative estimate of drug-likeness (QED) is 0.500. The minimum Gasteiger partial charge on any atom is -0.396 e. The fourth-order valence-corrected chi connectivity index (χ4v) is 1.26. The summed E-state index contributed by atoms with van der Waals surface area (Å²) in [6.45, 7) is 2.12. The Labute approximate surface area is 81.0 Å². The highest BCUT2D eigenvalue weighted by molar-refractivity contribution is 4.65. The molecule has 0 spiro atoms. The molecule has 80 valence electrons. The van der Waals surface area contributed by atoms with Crippen molar-refractivity contribution >= 4 is 0 Å². The predicted octanol–water partition coefficient (Wildman–Crippen LogP) is 1.03. The van der Waals surface area contributed by atoms with Gasteiger partial charge in [-0.3, -0.25) is 0 Å². The Morgan fingerprint density at radius 2 is 1.62 bits per heavy atom. The second-order valence-corrected chi connectivity index (χ2v) is 3.71. The molecule has 0 fully saturated rings. The molecule has 0 aliphatic carbocycles. The number of rotatable bonds is 8. The highest BCUT2D eigenvalue weighted by atomic mass is 16.3. The molecule has 0 saturated carbocycles. The monoisotopic (exact) mass is 189 g/mol. The molecule has 0 aromatic heterocycles. The van der Waals surface area contributed by atoms with Crippen LogP contribution in [-0.2, 0) is 0 Å². The van der Waals surface area contributed by atoms with Crippen LogP contribution >= 0.6 is 0 Å². The first-order valence-corrected chi connectivity index (χ1v) is 5.23. The third-order valence-electron chi connectivity index (χ3n) is 2.26. The van der Waals surface area contributed by atoms with Gasteiger partial charge in [-0.25, -0.2) is 0 Å². The van der Waals surface area contributed by atoms with Crippen LogP contribution < -0.4 is 5.73 Å². The lowest BCUT2D eigenvalue weighted by Gasteiger charge is -2.13. The van der Waals surface area contributed by atoms with Crippen LogP contribution in [0.5, 0.6) is 0 Å². The van der Waals surface area contributed by atoms with E-state index in [0.717, 1.165) is 38.5 Å². The molecule has 0 heterocycles. The van der Waals surface area contributed by atoms with Crippen LogP contribution in [0.2, 0.25) is 0 Å². The van der Waals surface area contributed by atoms with Gasteiger partial charge in [-0.15, -0.1) is 0 Å². The average Bonchev–Trinajstić information content (AvgIpc) is 2.10. The minimum absolute atomic E-state index is 0.113. The molecular weight excluding hydrogens is 166 g/mol. The summed E-state index contributed by atoms with van der Waals surface area (Å²) < 4.78 is 0. The van der Waals surface area contributed by atoms with E-state index in [-0.39, 0.29) is 12.1 Å². The normalized spacial score (nSPS) is 15.7. The number of aliphatic hydroxyl groups excluding tert-OH is 2. The molecule has 0 bridgehead atoms. The summed E-state index contributed by atoms with van der Waals surface area (Å²) in [7, 11) is 0. The van der Waals surface area contributed by atoms with Crippen molar-refractivity contribution in [3.8, 4) is 0 Å². The van der Waals surface area contributed by atoms with Crippen molar-refractivity contribution in [2.45, 2.75) is 57.6 Å². The number of hydrogen-bond acceptors (Lipinski definition) is 3. The van der Waals surface area contributed by atoms with Gasteiger partial charge in [-0.1, -0.05) is 25.7 Å². The molecule has 0 aliphatic heterocycles. The first-order chi connectivity index (χ1) is 6.18. The van der Waals surface area contributed by atoms with Crippen molar-refractivity contribution in [3.63, 3.8) is 0 Å². The predicted molar refractivity (Wildman–Crippen MR) is 54.4 cm³/mol. The van der Waals surface area contributed by atoms with Crippen LogP contribution in [0.3, 0.4) is 0 Å². The van der Waals surface area contributed by atoms with Crippen LogP contribution in [0.15, 0.2) is 0 Å². The van der Waals surface area contributed by atoms with E-state index in [4.69, 9.17) is 10.8 Å². The zero-order valence-electron chi connectivity index (χ0n) is 8.58. The molecule has 0 rings (SSSR count). The van der Waals surface area contributed by atoms with Crippen molar-refractivity contribution in [2.24, 2.45) is 5.73 Å². The second-order valence-electron chi connectivity index (χ2n) is 3.71. The molecule has 0 amide bonds. The first kappa shape index (κ1) is 12.9. The summed E-state index contributed by atoms with van der Waals surface area (Å²) in [4.78, 5) is 0. The standard InChI is InChI=1S/C10H23NO2/c1-9(11)10(13)7-5-3-2-4-6-8-12/h9-10,12-13H,2-8,11H2,1H3/t9-,10-/m1/s1. The van der Waals surface area contributed by atoms with Gasteiger partial charge >= 0.3 is 0 Å². The maximum atomic E-state index is 9.36. The summed E-state index contributed by atoms with van der Waals surface area (Å²) in [5, 5.41) is 17.9. The Morgan fingerprint density at radius 1 is 1.08 bits per heavy atom. The number of unbranched alkanes of at least 4 members (excludes halogenated alkanes) is 4. The molecule has 4 N–H and O–H groups in total. The van der Waals surface area contributed by atoms with Crippen LogP contribution in [-0.4, -0.2) is 29.0 Å². The highest BCUT2D eigenvalue weighted by Gasteiger charge is 2.07. The van der Waals surface area contributed by atoms with Crippen LogP contribution in [0.25, 0.3) is 0 Å². The molecule has 3 nitrogen and oxygen atoms in total. The van der Waals surface area contributed by atoms with Gasteiger partial charge in [-0.05, 0) is 19.8 Å². The van der Waals surface area contributed by atoms with Crippen molar-refractivity contribution in [1.82, 2.24) is 0 Å². The van der Waals surface area contributed by atoms with Gasteiger partial charge in [-0.2, -0.15) is 0 Å². The summed E-state index contributed by atoms with van der Waals surface area (Å²) >= 11 is 0. The topological polar surface area (TPSA) is 66.5 Å². The fourth-order valence-electron chi connectivity index (χ4n) is 1.26. The van der Waals surface area contributed by atoms with Crippen molar-refractivity contribution in [1.29, 1.82) is 0 Å². The average molecular weight is 189 g/mol. The molecule has 0 aromatic rings. The van der Waals surface area contributed by atoms with Gasteiger partial charge in [0.15, 0.2) is 0 Å². The summed E-state index contributed by atoms with van der Waals surface area (Å²) in [6.07, 6.45) is 5.75. The van der Waals surface area contributed by atoms with Crippen molar-refractivity contribution < 1.29 is 10.2 Å². The van der Waals surface area contributed by atoms with Crippen LogP contribution in [0, 0.1) is 0 Å². The van der Waals surface area contributed by atoms with Gasteiger partial charge < -0.3 is 15.9 Å². The van der Waals surface area contributed by atoms with E-state index < -0.39 is 0 Å². The van der Waals surface area contributed by atoms with E-state index in [0.29, 0.717) is 6.61 Å². The molecule has 2 atom stereocenters. The Bertz CT molecular complexity index is 107. The van der Waals surface area contributed by atoms with E-state index >= 15 is 0 Å². The van der Waals surface area contributed by atoms with Crippen LogP contribution in [0.1, 0.15) is 45.4 Å². The molecule has 0 aliphatic rings. The molecule has 0 unspecified atom stereocenters. The van der Waals surface area contributed by atoms with Gasteiger partial charge in [0.2, 0.25) is 0 Å². The van der Waals surface area contributed by atoms with Gasteiger partial charge in [0, 0.05) is 12.6 Å². The van der Waals surface area contributed by atoms with Gasteiger partial charge in [0.05, 0.1) is 6.10 Å². The lowest BCUT2D eigenvalue weighted by Crippen LogP contribution is -2.31. The molecule has 0 aromatic carbocycles. The number of aliphatic hydroxyl groups is 2. The van der Waals surface area contributed by atoms with Crippen LogP contribution in [0.4, 0.5) is 0 Å². The molecule has 0 saturated heterocycles. The van der Waals surface area contributed by atoms with E-state index in [2.05, 4.69) is 0 Å². The first-order valence-electron chi connectivity index (χ1n) is 5.23. The van der Waals surface area contributed by atoms with E-state index in [9.17, 15) is 5.11 Å². The zero-order valence-corrected chi connectivity index (χ0v) is 8.58. The smallest absolute Gasteiger partial charge is 0.0688 e. The van der Waals surface area contributed by atoms with Crippen molar-refractivity contribution in [3.05, 3.63) is 0 Å². The van der Waals surface area contributed by atoms with E-state index in [1.807, 2.05) is 6.92 Å². The zero-order chi connectivity index (χ0) is 10.1. The minimum atomic E-state index is -0.349. The maximum absolute atomic E-state index is 9.36. The molecule has 3 heteroatoms. The molecule has 0 radical (unpaired) electrons. The number of nitrogens with two attached hydrogens (primary N) is 1. The summed E-state index contributed by atoms with van der Waals surface area (Å²) in [5.74, 6) is 0. The van der Waals surface area contributed by atoms with E-state index in [1.165, 1.54) is 0 Å². The highest BCUT2D eigenvalue weighted by Crippen LogP contribution is 2.08. The Kier molecular flexibility index (Phi) is 8.40. The Hall–Kier alpha value is -0.120. The third kappa shape index (κ3) is 8.22. The summed E-state index contributed by atoms with van der Waals surface area (Å²) in [5.41, 5.74) is 5.52.